The molecule has 564 valence electrons. The van der Waals surface area contributed by atoms with Gasteiger partial charge in [0.1, 0.15) is 19.3 Å². The lowest BCUT2D eigenvalue weighted by Crippen LogP contribution is -2.30. The summed E-state index contributed by atoms with van der Waals surface area (Å²) in [6, 6.07) is 0. The number of phosphoric acid groups is 2. The van der Waals surface area contributed by atoms with Crippen molar-refractivity contribution in [3.05, 3.63) is 0 Å². The highest BCUT2D eigenvalue weighted by Crippen LogP contribution is 2.45. The predicted molar refractivity (Wildman–Crippen MR) is 386 cm³/mol. The van der Waals surface area contributed by atoms with Crippen molar-refractivity contribution in [3.8, 4) is 0 Å². The number of carbonyl (C=O) groups excluding carboxylic acids is 4. The molecule has 0 rings (SSSR count). The van der Waals surface area contributed by atoms with Gasteiger partial charge in [0.15, 0.2) is 12.2 Å². The minimum atomic E-state index is -4.96. The summed E-state index contributed by atoms with van der Waals surface area (Å²) in [7, 11) is -9.91. The molecule has 0 aromatic heterocycles. The molecule has 3 N–H and O–H groups in total. The second-order valence-corrected chi connectivity index (χ2v) is 31.3. The van der Waals surface area contributed by atoms with Crippen molar-refractivity contribution in [1.29, 1.82) is 0 Å². The van der Waals surface area contributed by atoms with E-state index < -0.39 is 97.5 Å². The van der Waals surface area contributed by atoms with Crippen LogP contribution in [0.2, 0.25) is 0 Å². The van der Waals surface area contributed by atoms with Gasteiger partial charge in [-0.3, -0.25) is 37.3 Å². The van der Waals surface area contributed by atoms with Crippen molar-refractivity contribution < 1.29 is 80.2 Å². The van der Waals surface area contributed by atoms with E-state index in [0.29, 0.717) is 25.7 Å². The van der Waals surface area contributed by atoms with E-state index in [0.717, 1.165) is 114 Å². The van der Waals surface area contributed by atoms with E-state index >= 15 is 0 Å². The van der Waals surface area contributed by atoms with Crippen molar-refractivity contribution >= 4 is 39.5 Å². The average Bonchev–Trinajstić information content (AvgIpc) is 1.35. The molecule has 0 amide bonds. The van der Waals surface area contributed by atoms with Crippen molar-refractivity contribution in [2.45, 2.75) is 407 Å². The molecule has 0 aromatic carbocycles. The second-order valence-electron chi connectivity index (χ2n) is 28.4. The minimum Gasteiger partial charge on any atom is -0.462 e. The molecule has 0 aliphatic carbocycles. The Morgan fingerprint density at radius 1 is 0.305 bits per heavy atom. The molecular weight excluding hydrogens is 1250 g/mol. The molecule has 4 unspecified atom stereocenters. The maximum absolute atomic E-state index is 13.1. The summed E-state index contributed by atoms with van der Waals surface area (Å²) in [5, 5.41) is 10.6. The Morgan fingerprint density at radius 2 is 0.537 bits per heavy atom. The van der Waals surface area contributed by atoms with Crippen LogP contribution in [0.4, 0.5) is 0 Å². The summed E-state index contributed by atoms with van der Waals surface area (Å²) in [5.74, 6) is 0.173. The zero-order chi connectivity index (χ0) is 70.1. The molecule has 0 aromatic rings. The van der Waals surface area contributed by atoms with Gasteiger partial charge in [-0.1, -0.05) is 337 Å². The maximum atomic E-state index is 13.1. The summed E-state index contributed by atoms with van der Waals surface area (Å²) in [6.45, 7) is 11.9. The van der Waals surface area contributed by atoms with Gasteiger partial charge in [0.2, 0.25) is 0 Å². The number of phosphoric ester groups is 2. The molecule has 95 heavy (non-hydrogen) atoms. The maximum Gasteiger partial charge on any atom is 0.472 e. The first-order valence-corrected chi connectivity index (χ1v) is 42.4. The lowest BCUT2D eigenvalue weighted by atomic mass is 9.99. The first-order chi connectivity index (χ1) is 45.8. The van der Waals surface area contributed by atoms with Crippen molar-refractivity contribution in [2.75, 3.05) is 39.6 Å². The predicted octanol–water partition coefficient (Wildman–Crippen LogP) is 22.2. The molecule has 7 atom stereocenters. The zero-order valence-corrected chi connectivity index (χ0v) is 63.9. The first-order valence-electron chi connectivity index (χ1n) is 39.4. The summed E-state index contributed by atoms with van der Waals surface area (Å²) in [6.07, 6.45) is 52.7. The highest BCUT2D eigenvalue weighted by atomic mass is 31.2. The van der Waals surface area contributed by atoms with Gasteiger partial charge in [-0.2, -0.15) is 0 Å². The van der Waals surface area contributed by atoms with Gasteiger partial charge < -0.3 is 33.8 Å². The first kappa shape index (κ1) is 93.1. The molecule has 17 nitrogen and oxygen atoms in total. The SMILES string of the molecule is CCCCCCCCCCCCCCCCCCCCC(=O)O[C@H](COC(=O)CCCCCCCCCCCCC(C)CC)COP(=O)(O)OC[C@@H](O)COP(=O)(O)OC[C@@H](COC(=O)CCCCCCCCC(C)CC)OC(=O)CCCCCCCCCCCCC(C)C. The number of aliphatic hydroxyl groups excluding tert-OH is 1. The van der Waals surface area contributed by atoms with Crippen molar-refractivity contribution in [1.82, 2.24) is 0 Å². The Morgan fingerprint density at radius 3 is 0.800 bits per heavy atom. The van der Waals surface area contributed by atoms with Gasteiger partial charge in [-0.05, 0) is 43.4 Å². The number of rotatable bonds is 74. The fourth-order valence-electron chi connectivity index (χ4n) is 11.5. The van der Waals surface area contributed by atoms with Crippen molar-refractivity contribution in [2.24, 2.45) is 17.8 Å². The standard InChI is InChI=1S/C76H148O17P2/c1-8-11-12-13-14-15-16-17-18-19-20-21-22-23-31-36-45-52-59-75(80)92-71(63-86-73(78)57-50-43-35-30-27-25-29-34-41-48-55-68(6)9-2)65-90-94(82,83)88-61-70(77)62-89-95(84,85)91-66-72(64-87-74(79)58-51-44-39-38-42-49-56-69(7)10-3)93-76(81)60-53-46-37-32-26-24-28-33-40-47-54-67(4)5/h67-72,77H,8-66H2,1-7H3,(H,82,83)(H,84,85)/t68?,69?,70-,71-,72-/m1/s1. The van der Waals surface area contributed by atoms with Gasteiger partial charge in [0.25, 0.3) is 0 Å². The Balaban J connectivity index is 5.25. The molecule has 0 spiro atoms. The Bertz CT molecular complexity index is 1860. The van der Waals surface area contributed by atoms with E-state index in [2.05, 4.69) is 48.5 Å². The van der Waals surface area contributed by atoms with Crippen LogP contribution in [0, 0.1) is 17.8 Å². The number of carbonyl (C=O) groups is 4. The molecular formula is C76H148O17P2. The third-order valence-corrected chi connectivity index (χ3v) is 20.3. The van der Waals surface area contributed by atoms with Crippen LogP contribution < -0.4 is 0 Å². The van der Waals surface area contributed by atoms with E-state index in [1.165, 1.54) is 193 Å². The number of esters is 4. The number of hydrogen-bond donors (Lipinski definition) is 3. The Kier molecular flexibility index (Phi) is 65.2. The molecule has 0 radical (unpaired) electrons. The summed E-state index contributed by atoms with van der Waals surface area (Å²) in [4.78, 5) is 72.8. The van der Waals surface area contributed by atoms with Crippen LogP contribution in [-0.2, 0) is 65.4 Å². The van der Waals surface area contributed by atoms with E-state index in [9.17, 15) is 43.2 Å². The number of unbranched alkanes of at least 4 members (excludes halogenated alkanes) is 40. The summed E-state index contributed by atoms with van der Waals surface area (Å²) in [5.41, 5.74) is 0. The molecule has 19 heteroatoms. The van der Waals surface area contributed by atoms with Gasteiger partial charge in [0.05, 0.1) is 26.4 Å². The van der Waals surface area contributed by atoms with E-state index in [-0.39, 0.29) is 25.7 Å². The fourth-order valence-corrected chi connectivity index (χ4v) is 13.1. The van der Waals surface area contributed by atoms with Crippen molar-refractivity contribution in [3.63, 3.8) is 0 Å². The smallest absolute Gasteiger partial charge is 0.462 e. The third kappa shape index (κ3) is 67.6. The summed E-state index contributed by atoms with van der Waals surface area (Å²) >= 11 is 0. The normalized spacial score (nSPS) is 14.6. The minimum absolute atomic E-state index is 0.105. The fraction of sp³-hybridized carbons (Fsp3) is 0.947. The van der Waals surface area contributed by atoms with E-state index in [1.54, 1.807) is 0 Å². The Hall–Kier alpha value is -1.94. The molecule has 0 fully saturated rings. The molecule has 0 heterocycles. The Labute approximate surface area is 581 Å². The molecule has 0 bridgehead atoms. The lowest BCUT2D eigenvalue weighted by molar-refractivity contribution is -0.161. The van der Waals surface area contributed by atoms with Gasteiger partial charge in [-0.25, -0.2) is 9.13 Å². The largest absolute Gasteiger partial charge is 0.472 e. The van der Waals surface area contributed by atoms with E-state index in [1.807, 2.05) is 0 Å². The highest BCUT2D eigenvalue weighted by Gasteiger charge is 2.30. The van der Waals surface area contributed by atoms with Gasteiger partial charge >= 0.3 is 39.5 Å². The highest BCUT2D eigenvalue weighted by molar-refractivity contribution is 7.47. The monoisotopic (exact) mass is 1400 g/mol. The van der Waals surface area contributed by atoms with Crippen LogP contribution in [-0.4, -0.2) is 96.7 Å². The zero-order valence-electron chi connectivity index (χ0n) is 62.1. The van der Waals surface area contributed by atoms with Gasteiger partial charge in [-0.15, -0.1) is 0 Å². The quantitative estimate of drug-likeness (QED) is 0.0222. The molecule has 0 aliphatic rings. The summed E-state index contributed by atoms with van der Waals surface area (Å²) < 4.78 is 68.5. The van der Waals surface area contributed by atoms with Crippen LogP contribution >= 0.6 is 15.6 Å². The second kappa shape index (κ2) is 66.6. The topological polar surface area (TPSA) is 237 Å². The van der Waals surface area contributed by atoms with Crippen LogP contribution in [0.1, 0.15) is 389 Å². The molecule has 0 saturated carbocycles. The molecule has 0 aliphatic heterocycles. The molecule has 0 saturated heterocycles. The average molecular weight is 1400 g/mol. The van der Waals surface area contributed by atoms with Crippen LogP contribution in [0.5, 0.6) is 0 Å². The number of hydrogen-bond acceptors (Lipinski definition) is 15. The number of ether oxygens (including phenoxy) is 4. The van der Waals surface area contributed by atoms with Crippen LogP contribution in [0.25, 0.3) is 0 Å². The van der Waals surface area contributed by atoms with Crippen LogP contribution in [0.15, 0.2) is 0 Å². The van der Waals surface area contributed by atoms with E-state index in [4.69, 9.17) is 37.0 Å². The lowest BCUT2D eigenvalue weighted by Gasteiger charge is -2.21. The van der Waals surface area contributed by atoms with Crippen LogP contribution in [0.3, 0.4) is 0 Å². The third-order valence-electron chi connectivity index (χ3n) is 18.4. The number of aliphatic hydroxyl groups is 1. The van der Waals surface area contributed by atoms with Gasteiger partial charge in [0, 0.05) is 25.7 Å².